The highest BCUT2D eigenvalue weighted by molar-refractivity contribution is 8.41. The van der Waals surface area contributed by atoms with E-state index in [1.165, 1.54) is 0 Å². The van der Waals surface area contributed by atoms with Crippen molar-refractivity contribution in [1.82, 2.24) is 5.09 Å². The standard InChI is InChI=1S/C9H21NO2P2.C7H16O2.C6H15O2P2S.C4H13O2P3/c1-3-11-7-8-12-6-4-5-9(2)10-14-13;1-3-5-9-7-6-8-4-2;1-2-7-3-4-8-5-6-11(9)10;1-2-5-3-4-6-9(7)8/h10,14H,2-8,13H2,1H3;3-7H2,1-2H3;9-10H,2-6H2,1H3;2-4,7-8H2,1H3/q;;-1;. The second-order valence-corrected chi connectivity index (χ2v) is 20.5. The first kappa shape index (κ1) is 52.1. The Morgan fingerprint density at radius 2 is 1.09 bits per heavy atom. The summed E-state index contributed by atoms with van der Waals surface area (Å²) in [4.78, 5) is 0. The summed E-state index contributed by atoms with van der Waals surface area (Å²) in [7, 11) is 15.1. The van der Waals surface area contributed by atoms with Crippen molar-refractivity contribution in [2.24, 2.45) is 0 Å². The summed E-state index contributed by atoms with van der Waals surface area (Å²) < 4.78 is 41.3. The minimum absolute atomic E-state index is 0.123. The third kappa shape index (κ3) is 67.4. The van der Waals surface area contributed by atoms with Gasteiger partial charge >= 0.3 is 0 Å². The van der Waals surface area contributed by atoms with E-state index in [9.17, 15) is 0 Å². The molecule has 0 saturated carbocycles. The zero-order valence-electron chi connectivity index (χ0n) is 27.5. The lowest BCUT2D eigenvalue weighted by Crippen LogP contribution is -2.06. The van der Waals surface area contributed by atoms with E-state index in [0.717, 1.165) is 90.2 Å². The molecular weight excluding hydrogens is 703 g/mol. The molecule has 4 atom stereocenters. The molecule has 0 spiro atoms. The summed E-state index contributed by atoms with van der Waals surface area (Å²) in [5, 5.41) is 3.17. The second kappa shape index (κ2) is 51.2. The molecule has 1 N–H and O–H groups in total. The molecular formula is C26H65NO8P7S-. The first-order valence-electron chi connectivity index (χ1n) is 14.8. The molecule has 17 heteroatoms. The van der Waals surface area contributed by atoms with Crippen molar-refractivity contribution in [2.75, 3.05) is 105 Å². The Bertz CT molecular complexity index is 574. The first-order chi connectivity index (χ1) is 20.8. The van der Waals surface area contributed by atoms with Crippen LogP contribution in [0.5, 0.6) is 0 Å². The third-order valence-electron chi connectivity index (χ3n) is 4.20. The van der Waals surface area contributed by atoms with Crippen LogP contribution in [0.15, 0.2) is 12.3 Å². The molecule has 0 aliphatic heterocycles. The zero-order chi connectivity index (χ0) is 33.2. The fourth-order valence-corrected chi connectivity index (χ4v) is 4.92. The van der Waals surface area contributed by atoms with Crippen LogP contribution in [0.1, 0.15) is 53.9 Å². The molecule has 0 bridgehead atoms. The van der Waals surface area contributed by atoms with Crippen LogP contribution in [0.2, 0.25) is 0 Å². The van der Waals surface area contributed by atoms with Crippen LogP contribution >= 0.6 is 58.8 Å². The smallest absolute Gasteiger partial charge is 0.0752 e. The maximum atomic E-state index is 5.37. The maximum absolute atomic E-state index is 5.37. The molecule has 0 aromatic heterocycles. The van der Waals surface area contributed by atoms with E-state index < -0.39 is 0 Å². The molecule has 9 nitrogen and oxygen atoms in total. The lowest BCUT2D eigenvalue weighted by atomic mass is 10.3. The van der Waals surface area contributed by atoms with Crippen molar-refractivity contribution >= 4 is 68.0 Å². The van der Waals surface area contributed by atoms with Crippen LogP contribution in [-0.2, 0) is 46.9 Å². The lowest BCUT2D eigenvalue weighted by Gasteiger charge is -2.07. The van der Waals surface area contributed by atoms with E-state index in [1.54, 1.807) is 0 Å². The van der Waals surface area contributed by atoms with E-state index in [0.29, 0.717) is 48.1 Å². The van der Waals surface area contributed by atoms with Gasteiger partial charge in [-0.1, -0.05) is 40.3 Å². The quantitative estimate of drug-likeness (QED) is 0.0493. The molecule has 0 radical (unpaired) electrons. The van der Waals surface area contributed by atoms with Crippen LogP contribution in [0, 0.1) is 0 Å². The Kier molecular flexibility index (Phi) is 62.0. The molecule has 43 heavy (non-hydrogen) atoms. The SMILES string of the molecule is C=C(CCCOCCOCC)NPP.CCCOCCOCC.CCOCCOCC[S-](=P)=P.CCOCCOP(P)P. The van der Waals surface area contributed by atoms with Gasteiger partial charge in [-0.15, -0.1) is 5.75 Å². The Balaban J connectivity index is -0.000000240. The second-order valence-electron chi connectivity index (χ2n) is 7.89. The van der Waals surface area contributed by atoms with Crippen molar-refractivity contribution in [2.45, 2.75) is 53.9 Å². The number of allylic oxidation sites excluding steroid dienone is 1. The summed E-state index contributed by atoms with van der Waals surface area (Å²) >= 11 is 0. The number of ether oxygens (including phenoxy) is 7. The normalized spacial score (nSPS) is 10.7. The van der Waals surface area contributed by atoms with Crippen LogP contribution < -0.4 is 5.09 Å². The van der Waals surface area contributed by atoms with Gasteiger partial charge in [0.2, 0.25) is 0 Å². The number of rotatable bonds is 28. The third-order valence-corrected chi connectivity index (χ3v) is 8.30. The van der Waals surface area contributed by atoms with Crippen molar-refractivity contribution in [3.63, 3.8) is 0 Å². The molecule has 0 rings (SSSR count). The van der Waals surface area contributed by atoms with Crippen LogP contribution in [0.25, 0.3) is 0 Å². The van der Waals surface area contributed by atoms with Crippen molar-refractivity contribution in [3.05, 3.63) is 12.3 Å². The lowest BCUT2D eigenvalue weighted by molar-refractivity contribution is 0.0520. The van der Waals surface area contributed by atoms with Gasteiger partial charge in [0.05, 0.1) is 60.4 Å². The largest absolute Gasteiger partial charge is 0.426 e. The van der Waals surface area contributed by atoms with E-state index in [1.807, 2.05) is 27.7 Å². The molecule has 0 heterocycles. The molecule has 0 amide bonds. The minimum Gasteiger partial charge on any atom is -0.426 e. The van der Waals surface area contributed by atoms with Crippen LogP contribution in [0.3, 0.4) is 0 Å². The minimum atomic E-state index is -0.364. The molecule has 4 unspecified atom stereocenters. The Hall–Kier alpha value is 2.32. The average molecular weight is 769 g/mol. The molecule has 0 aromatic rings. The summed E-state index contributed by atoms with van der Waals surface area (Å²) in [5.74, 6) is 1.000. The predicted molar refractivity (Wildman–Crippen MR) is 209 cm³/mol. The number of nitrogens with one attached hydrogen (secondary N) is 1. The fourth-order valence-electron chi connectivity index (χ4n) is 2.28. The molecule has 0 aliphatic rings. The van der Waals surface area contributed by atoms with Gasteiger partial charge in [-0.25, -0.2) is 0 Å². The molecule has 0 fully saturated rings. The van der Waals surface area contributed by atoms with Crippen molar-refractivity contribution in [3.8, 4) is 0 Å². The van der Waals surface area contributed by atoms with Gasteiger partial charge in [0, 0.05) is 51.9 Å². The fraction of sp³-hybridized carbons (Fsp3) is 0.923. The summed E-state index contributed by atoms with van der Waals surface area (Å²) in [6.45, 7) is 25.1. The molecule has 264 valence electrons. The molecule has 0 aromatic carbocycles. The summed E-state index contributed by atoms with van der Waals surface area (Å²) in [5.41, 5.74) is 1.09. The summed E-state index contributed by atoms with van der Waals surface area (Å²) in [6.07, 6.45) is 3.09. The monoisotopic (exact) mass is 768 g/mol. The number of hydrogen-bond donors (Lipinski definition) is 1. The van der Waals surface area contributed by atoms with Gasteiger partial charge in [-0.3, -0.25) is 16.0 Å². The van der Waals surface area contributed by atoms with E-state index in [2.05, 4.69) is 61.4 Å². The van der Waals surface area contributed by atoms with Crippen LogP contribution in [0.4, 0.5) is 0 Å². The van der Waals surface area contributed by atoms with Crippen molar-refractivity contribution in [1.29, 1.82) is 0 Å². The van der Waals surface area contributed by atoms with Gasteiger partial charge in [0.1, 0.15) is 0 Å². The van der Waals surface area contributed by atoms with E-state index >= 15 is 0 Å². The Morgan fingerprint density at radius 1 is 0.674 bits per heavy atom. The maximum Gasteiger partial charge on any atom is 0.0752 e. The predicted octanol–water partition coefficient (Wildman–Crippen LogP) is 7.55. The zero-order valence-corrected chi connectivity index (χ0v) is 35.7. The van der Waals surface area contributed by atoms with Gasteiger partial charge in [-0.05, 0) is 55.4 Å². The van der Waals surface area contributed by atoms with Gasteiger partial charge < -0.3 is 52.0 Å². The van der Waals surface area contributed by atoms with E-state index in [-0.39, 0.29) is 16.8 Å². The Morgan fingerprint density at radius 3 is 1.49 bits per heavy atom. The van der Waals surface area contributed by atoms with Gasteiger partial charge in [0.25, 0.3) is 0 Å². The summed E-state index contributed by atoms with van der Waals surface area (Å²) in [6, 6.07) is 0. The van der Waals surface area contributed by atoms with Gasteiger partial charge in [0.15, 0.2) is 0 Å². The Labute approximate surface area is 280 Å². The van der Waals surface area contributed by atoms with E-state index in [4.69, 9.17) is 37.7 Å². The van der Waals surface area contributed by atoms with Crippen LogP contribution in [-0.4, -0.2) is 105 Å². The highest BCUT2D eigenvalue weighted by atomic mass is 32.7. The number of hydrogen-bond acceptors (Lipinski definition) is 10. The topological polar surface area (TPSA) is 85.9 Å². The molecule has 0 aliphatic carbocycles. The van der Waals surface area contributed by atoms with Crippen molar-refractivity contribution < 1.29 is 37.7 Å². The highest BCUT2D eigenvalue weighted by Gasteiger charge is 1.93. The first-order valence-corrected chi connectivity index (χ1v) is 25.9. The van der Waals surface area contributed by atoms with Gasteiger partial charge in [-0.2, -0.15) is 0 Å². The average Bonchev–Trinajstić information content (AvgIpc) is 2.98. The highest BCUT2D eigenvalue weighted by Crippen LogP contribution is 2.53. The molecule has 0 saturated heterocycles.